The first-order valence-corrected chi connectivity index (χ1v) is 8.03. The Kier molecular flexibility index (Phi) is 4.88. The second-order valence-electron chi connectivity index (χ2n) is 6.29. The van der Waals surface area contributed by atoms with Crippen LogP contribution in [0, 0.1) is 19.8 Å². The predicted octanol–water partition coefficient (Wildman–Crippen LogP) is 2.86. The van der Waals surface area contributed by atoms with Gasteiger partial charge in [-0.2, -0.15) is 0 Å². The van der Waals surface area contributed by atoms with Crippen molar-refractivity contribution in [3.05, 3.63) is 70.8 Å². The summed E-state index contributed by atoms with van der Waals surface area (Å²) in [5.41, 5.74) is 12.0. The zero-order chi connectivity index (χ0) is 15.4. The van der Waals surface area contributed by atoms with Crippen LogP contribution in [0.4, 0.5) is 0 Å². The summed E-state index contributed by atoms with van der Waals surface area (Å²) in [4.78, 5) is 0. The lowest BCUT2D eigenvalue weighted by Crippen LogP contribution is -2.28. The number of aryl methyl sites for hydroxylation is 2. The van der Waals surface area contributed by atoms with E-state index in [-0.39, 0.29) is 0 Å². The van der Waals surface area contributed by atoms with E-state index in [9.17, 15) is 0 Å². The topological polar surface area (TPSA) is 36.1 Å². The summed E-state index contributed by atoms with van der Waals surface area (Å²) in [6.45, 7) is 7.19. The molecule has 1 heterocycles. The smallest absolute Gasteiger partial charge is 0.0515 e. The zero-order valence-corrected chi connectivity index (χ0v) is 13.4. The molecule has 2 atom stereocenters. The summed E-state index contributed by atoms with van der Waals surface area (Å²) >= 11 is 0. The van der Waals surface area contributed by atoms with Crippen molar-refractivity contribution in [3.63, 3.8) is 0 Å². The normalized spacial score (nSPS) is 21.2. The van der Waals surface area contributed by atoms with E-state index in [2.05, 4.69) is 78.5 Å². The van der Waals surface area contributed by atoms with E-state index in [0.717, 1.165) is 19.6 Å². The first-order valence-electron chi connectivity index (χ1n) is 8.03. The second-order valence-corrected chi connectivity index (χ2v) is 6.29. The molecule has 0 saturated carbocycles. The van der Waals surface area contributed by atoms with Gasteiger partial charge in [-0.3, -0.25) is 5.43 Å². The average Bonchev–Trinajstić information content (AvgIpc) is 2.98. The minimum atomic E-state index is 0.381. The van der Waals surface area contributed by atoms with Gasteiger partial charge in [0.1, 0.15) is 0 Å². The van der Waals surface area contributed by atoms with Crippen LogP contribution < -0.4 is 16.2 Å². The maximum atomic E-state index is 3.59. The van der Waals surface area contributed by atoms with E-state index in [1.54, 1.807) is 0 Å². The van der Waals surface area contributed by atoms with Crippen molar-refractivity contribution in [1.29, 1.82) is 0 Å². The lowest BCUT2D eigenvalue weighted by Gasteiger charge is -2.19. The largest absolute Gasteiger partial charge is 0.312 e. The predicted molar refractivity (Wildman–Crippen MR) is 91.4 cm³/mol. The fourth-order valence-corrected chi connectivity index (χ4v) is 2.96. The molecule has 2 aromatic rings. The molecule has 0 aliphatic carbocycles. The van der Waals surface area contributed by atoms with Crippen molar-refractivity contribution >= 4 is 0 Å². The number of rotatable bonds is 5. The number of hydrazine groups is 1. The molecular formula is C19H25N3. The molecule has 3 rings (SSSR count). The molecular weight excluding hydrogens is 270 g/mol. The van der Waals surface area contributed by atoms with Crippen LogP contribution in [0.15, 0.2) is 48.5 Å². The Morgan fingerprint density at radius 1 is 0.955 bits per heavy atom. The highest BCUT2D eigenvalue weighted by Crippen LogP contribution is 2.24. The Labute approximate surface area is 133 Å². The van der Waals surface area contributed by atoms with E-state index >= 15 is 0 Å². The minimum Gasteiger partial charge on any atom is -0.312 e. The van der Waals surface area contributed by atoms with Gasteiger partial charge in [-0.15, -0.1) is 0 Å². The second kappa shape index (κ2) is 7.05. The van der Waals surface area contributed by atoms with Crippen LogP contribution in [0.25, 0.3) is 0 Å². The molecule has 0 bridgehead atoms. The maximum Gasteiger partial charge on any atom is 0.0515 e. The van der Waals surface area contributed by atoms with Crippen molar-refractivity contribution < 1.29 is 0 Å². The highest BCUT2D eigenvalue weighted by atomic mass is 15.4. The van der Waals surface area contributed by atoms with Crippen LogP contribution in [0.3, 0.4) is 0 Å². The summed E-state index contributed by atoms with van der Waals surface area (Å²) in [7, 11) is 0. The molecule has 3 nitrogen and oxygen atoms in total. The third-order valence-electron chi connectivity index (χ3n) is 4.39. The van der Waals surface area contributed by atoms with E-state index in [1.165, 1.54) is 22.3 Å². The summed E-state index contributed by atoms with van der Waals surface area (Å²) in [6.07, 6.45) is 0. The highest BCUT2D eigenvalue weighted by Gasteiger charge is 2.27. The van der Waals surface area contributed by atoms with Gasteiger partial charge in [0.15, 0.2) is 0 Å². The van der Waals surface area contributed by atoms with Crippen LogP contribution in [0.2, 0.25) is 0 Å². The lowest BCUT2D eigenvalue weighted by atomic mass is 9.94. The molecule has 1 aliphatic heterocycles. The fourth-order valence-electron chi connectivity index (χ4n) is 2.96. The molecule has 2 unspecified atom stereocenters. The Morgan fingerprint density at radius 2 is 1.59 bits per heavy atom. The summed E-state index contributed by atoms with van der Waals surface area (Å²) < 4.78 is 0. The quantitative estimate of drug-likeness (QED) is 0.794. The van der Waals surface area contributed by atoms with Gasteiger partial charge in [0.25, 0.3) is 0 Å². The van der Waals surface area contributed by atoms with Crippen LogP contribution in [0.1, 0.15) is 28.3 Å². The van der Waals surface area contributed by atoms with Gasteiger partial charge in [-0.25, -0.2) is 5.43 Å². The zero-order valence-electron chi connectivity index (χ0n) is 13.4. The van der Waals surface area contributed by atoms with Crippen LogP contribution in [-0.4, -0.2) is 13.1 Å². The van der Waals surface area contributed by atoms with E-state index in [0.29, 0.717) is 12.0 Å². The summed E-state index contributed by atoms with van der Waals surface area (Å²) in [5.74, 6) is 0.563. The van der Waals surface area contributed by atoms with Gasteiger partial charge in [-0.05, 0) is 25.0 Å². The molecule has 0 aromatic heterocycles. The molecule has 3 heteroatoms. The third-order valence-corrected chi connectivity index (χ3v) is 4.39. The standard InChI is InChI=1S/C19H25N3/c1-14-3-7-16(8-4-14)11-20-12-18-13-21-22-19(18)17-9-5-15(2)6-10-17/h3-10,18-22H,11-13H2,1-2H3. The van der Waals surface area contributed by atoms with Gasteiger partial charge >= 0.3 is 0 Å². The molecule has 0 amide bonds. The Hall–Kier alpha value is -1.68. The lowest BCUT2D eigenvalue weighted by molar-refractivity contribution is 0.441. The molecule has 1 saturated heterocycles. The van der Waals surface area contributed by atoms with Gasteiger partial charge in [0, 0.05) is 25.6 Å². The molecule has 1 aliphatic rings. The van der Waals surface area contributed by atoms with Crippen molar-refractivity contribution in [2.75, 3.05) is 13.1 Å². The number of hydrogen-bond donors (Lipinski definition) is 3. The van der Waals surface area contributed by atoms with Gasteiger partial charge < -0.3 is 5.32 Å². The van der Waals surface area contributed by atoms with E-state index < -0.39 is 0 Å². The Morgan fingerprint density at radius 3 is 2.27 bits per heavy atom. The maximum absolute atomic E-state index is 3.59. The average molecular weight is 295 g/mol. The van der Waals surface area contributed by atoms with Gasteiger partial charge in [0.05, 0.1) is 6.04 Å². The molecule has 2 aromatic carbocycles. The summed E-state index contributed by atoms with van der Waals surface area (Å²) in [6, 6.07) is 18.0. The molecule has 116 valence electrons. The van der Waals surface area contributed by atoms with Crippen molar-refractivity contribution in [1.82, 2.24) is 16.2 Å². The monoisotopic (exact) mass is 295 g/mol. The van der Waals surface area contributed by atoms with Crippen molar-refractivity contribution in [3.8, 4) is 0 Å². The van der Waals surface area contributed by atoms with Gasteiger partial charge in [-0.1, -0.05) is 59.7 Å². The Balaban J connectivity index is 1.55. The van der Waals surface area contributed by atoms with Crippen LogP contribution >= 0.6 is 0 Å². The number of benzene rings is 2. The number of nitrogens with one attached hydrogen (secondary N) is 3. The number of hydrogen-bond acceptors (Lipinski definition) is 3. The molecule has 22 heavy (non-hydrogen) atoms. The molecule has 1 fully saturated rings. The SMILES string of the molecule is Cc1ccc(CNCC2CNNC2c2ccc(C)cc2)cc1. The van der Waals surface area contributed by atoms with Crippen LogP contribution in [0.5, 0.6) is 0 Å². The van der Waals surface area contributed by atoms with E-state index in [4.69, 9.17) is 0 Å². The first-order chi connectivity index (χ1) is 10.7. The molecule has 0 spiro atoms. The van der Waals surface area contributed by atoms with Gasteiger partial charge in [0.2, 0.25) is 0 Å². The highest BCUT2D eigenvalue weighted by molar-refractivity contribution is 5.25. The third kappa shape index (κ3) is 3.74. The minimum absolute atomic E-state index is 0.381. The molecule has 0 radical (unpaired) electrons. The summed E-state index contributed by atoms with van der Waals surface area (Å²) in [5, 5.41) is 3.59. The van der Waals surface area contributed by atoms with Crippen molar-refractivity contribution in [2.45, 2.75) is 26.4 Å². The molecule has 3 N–H and O–H groups in total. The first kappa shape index (κ1) is 15.2. The fraction of sp³-hybridized carbons (Fsp3) is 0.368. The van der Waals surface area contributed by atoms with E-state index in [1.807, 2.05) is 0 Å². The Bertz CT molecular complexity index is 589. The van der Waals surface area contributed by atoms with Crippen LogP contribution in [-0.2, 0) is 6.54 Å². The van der Waals surface area contributed by atoms with Crippen molar-refractivity contribution in [2.24, 2.45) is 5.92 Å².